The van der Waals surface area contributed by atoms with Crippen LogP contribution in [0.25, 0.3) is 0 Å². The van der Waals surface area contributed by atoms with Gasteiger partial charge >= 0.3 is 0 Å². The summed E-state index contributed by atoms with van der Waals surface area (Å²) >= 11 is 7.70. The van der Waals surface area contributed by atoms with Crippen LogP contribution in [0.5, 0.6) is 5.75 Å². The summed E-state index contributed by atoms with van der Waals surface area (Å²) in [5, 5.41) is 0.732. The Balaban J connectivity index is 1.86. The van der Waals surface area contributed by atoms with Crippen LogP contribution in [-0.2, 0) is 10.0 Å². The summed E-state index contributed by atoms with van der Waals surface area (Å²) in [6.07, 6.45) is 0. The number of ether oxygens (including phenoxy) is 1. The number of sulfonamides is 1. The van der Waals surface area contributed by atoms with Crippen molar-refractivity contribution in [2.24, 2.45) is 0 Å². The predicted octanol–water partition coefficient (Wildman–Crippen LogP) is 3.76. The van der Waals surface area contributed by atoms with Gasteiger partial charge in [0.25, 0.3) is 0 Å². The average molecular weight is 372 g/mol. The highest BCUT2D eigenvalue weighted by Crippen LogP contribution is 2.26. The molecule has 124 valence electrons. The molecule has 0 aromatic heterocycles. The van der Waals surface area contributed by atoms with Crippen molar-refractivity contribution in [1.82, 2.24) is 4.31 Å². The second-order valence-corrected chi connectivity index (χ2v) is 8.58. The van der Waals surface area contributed by atoms with Gasteiger partial charge in [0.1, 0.15) is 5.75 Å². The normalized spacial score (nSPS) is 11.7. The zero-order valence-electron chi connectivity index (χ0n) is 12.9. The van der Waals surface area contributed by atoms with Crippen LogP contribution in [-0.4, -0.2) is 39.2 Å². The second kappa shape index (κ2) is 8.06. The van der Waals surface area contributed by atoms with Gasteiger partial charge in [-0.25, -0.2) is 12.7 Å². The fraction of sp³-hybridized carbons (Fsp3) is 0.250. The first-order chi connectivity index (χ1) is 10.9. The molecule has 0 bridgehead atoms. The number of benzene rings is 2. The fourth-order valence-electron chi connectivity index (χ4n) is 1.79. The van der Waals surface area contributed by atoms with Gasteiger partial charge < -0.3 is 4.74 Å². The Kier molecular flexibility index (Phi) is 6.35. The van der Waals surface area contributed by atoms with Gasteiger partial charge in [0, 0.05) is 24.7 Å². The van der Waals surface area contributed by atoms with Crippen molar-refractivity contribution in [3.05, 3.63) is 53.6 Å². The number of thioether (sulfide) groups is 1. The van der Waals surface area contributed by atoms with Crippen molar-refractivity contribution in [2.75, 3.05) is 26.5 Å². The molecule has 0 fully saturated rings. The van der Waals surface area contributed by atoms with Crippen molar-refractivity contribution in [3.63, 3.8) is 0 Å². The van der Waals surface area contributed by atoms with E-state index in [1.807, 2.05) is 24.3 Å². The minimum atomic E-state index is -3.40. The summed E-state index contributed by atoms with van der Waals surface area (Å²) < 4.78 is 30.7. The van der Waals surface area contributed by atoms with E-state index in [0.717, 1.165) is 15.7 Å². The Hall–Kier alpha value is -1.21. The van der Waals surface area contributed by atoms with Gasteiger partial charge in [-0.3, -0.25) is 0 Å². The summed E-state index contributed by atoms with van der Waals surface area (Å²) in [5.74, 6) is 1.39. The Bertz CT molecular complexity index is 746. The van der Waals surface area contributed by atoms with E-state index in [9.17, 15) is 8.42 Å². The van der Waals surface area contributed by atoms with E-state index in [4.69, 9.17) is 16.3 Å². The first kappa shape index (κ1) is 18.1. The molecule has 23 heavy (non-hydrogen) atoms. The molecule has 0 saturated carbocycles. The predicted molar refractivity (Wildman–Crippen MR) is 95.0 cm³/mol. The van der Waals surface area contributed by atoms with E-state index >= 15 is 0 Å². The van der Waals surface area contributed by atoms with E-state index in [-0.39, 0.29) is 4.90 Å². The maximum absolute atomic E-state index is 12.0. The molecule has 2 aromatic carbocycles. The Morgan fingerprint density at radius 1 is 1.09 bits per heavy atom. The van der Waals surface area contributed by atoms with Crippen molar-refractivity contribution in [2.45, 2.75) is 9.79 Å². The Labute approximate surface area is 146 Å². The molecule has 0 aliphatic carbocycles. The van der Waals surface area contributed by atoms with Crippen molar-refractivity contribution >= 4 is 33.4 Å². The van der Waals surface area contributed by atoms with E-state index in [0.29, 0.717) is 12.4 Å². The van der Waals surface area contributed by atoms with Crippen LogP contribution in [0.3, 0.4) is 0 Å². The minimum Gasteiger partial charge on any atom is -0.493 e. The SMILES string of the molecule is CN(C)S(=O)(=O)c1ccc(OCCSc2ccccc2Cl)cc1. The fourth-order valence-corrected chi connectivity index (χ4v) is 3.76. The molecule has 2 aromatic rings. The monoisotopic (exact) mass is 371 g/mol. The van der Waals surface area contributed by atoms with Crippen LogP contribution in [0.1, 0.15) is 0 Å². The molecule has 0 spiro atoms. The summed E-state index contributed by atoms with van der Waals surface area (Å²) in [4.78, 5) is 1.27. The topological polar surface area (TPSA) is 46.6 Å². The summed E-state index contributed by atoms with van der Waals surface area (Å²) in [6.45, 7) is 0.510. The van der Waals surface area contributed by atoms with Gasteiger partial charge in [-0.2, -0.15) is 0 Å². The van der Waals surface area contributed by atoms with Gasteiger partial charge in [0.2, 0.25) is 10.0 Å². The van der Waals surface area contributed by atoms with Crippen LogP contribution in [0.2, 0.25) is 5.02 Å². The van der Waals surface area contributed by atoms with Crippen LogP contribution >= 0.6 is 23.4 Å². The smallest absolute Gasteiger partial charge is 0.242 e. The highest BCUT2D eigenvalue weighted by atomic mass is 35.5. The quantitative estimate of drug-likeness (QED) is 0.549. The van der Waals surface area contributed by atoms with Crippen molar-refractivity contribution < 1.29 is 13.2 Å². The average Bonchev–Trinajstić information content (AvgIpc) is 2.53. The highest BCUT2D eigenvalue weighted by molar-refractivity contribution is 7.99. The Morgan fingerprint density at radius 2 is 1.74 bits per heavy atom. The lowest BCUT2D eigenvalue weighted by Gasteiger charge is -2.12. The molecule has 7 heteroatoms. The lowest BCUT2D eigenvalue weighted by Crippen LogP contribution is -2.22. The van der Waals surface area contributed by atoms with Crippen molar-refractivity contribution in [3.8, 4) is 5.75 Å². The largest absolute Gasteiger partial charge is 0.493 e. The molecule has 0 aliphatic heterocycles. The summed E-state index contributed by atoms with van der Waals surface area (Å²) in [7, 11) is -0.389. The molecule has 0 unspecified atom stereocenters. The molecule has 0 aliphatic rings. The zero-order chi connectivity index (χ0) is 16.9. The van der Waals surface area contributed by atoms with Crippen LogP contribution < -0.4 is 4.74 Å². The molecule has 0 radical (unpaired) electrons. The molecule has 0 amide bonds. The lowest BCUT2D eigenvalue weighted by molar-refractivity contribution is 0.343. The molecular weight excluding hydrogens is 354 g/mol. The number of hydrogen-bond donors (Lipinski definition) is 0. The third-order valence-electron chi connectivity index (χ3n) is 3.05. The number of halogens is 1. The molecule has 0 N–H and O–H groups in total. The highest BCUT2D eigenvalue weighted by Gasteiger charge is 2.16. The van der Waals surface area contributed by atoms with Gasteiger partial charge in [0.05, 0.1) is 16.5 Å². The molecule has 2 rings (SSSR count). The van der Waals surface area contributed by atoms with E-state index in [1.165, 1.54) is 18.4 Å². The maximum atomic E-state index is 12.0. The molecular formula is C16H18ClNO3S2. The second-order valence-electron chi connectivity index (χ2n) is 4.89. The van der Waals surface area contributed by atoms with Crippen molar-refractivity contribution in [1.29, 1.82) is 0 Å². The van der Waals surface area contributed by atoms with E-state index in [2.05, 4.69) is 0 Å². The van der Waals surface area contributed by atoms with Gasteiger partial charge in [-0.15, -0.1) is 11.8 Å². The van der Waals surface area contributed by atoms with Crippen LogP contribution in [0, 0.1) is 0 Å². The number of nitrogens with zero attached hydrogens (tertiary/aromatic N) is 1. The summed E-state index contributed by atoms with van der Waals surface area (Å²) in [5.41, 5.74) is 0. The van der Waals surface area contributed by atoms with E-state index < -0.39 is 10.0 Å². The first-order valence-corrected chi connectivity index (χ1v) is 9.74. The molecule has 0 heterocycles. The summed E-state index contributed by atoms with van der Waals surface area (Å²) in [6, 6.07) is 14.1. The lowest BCUT2D eigenvalue weighted by atomic mass is 10.3. The van der Waals surface area contributed by atoms with Crippen LogP contribution in [0.4, 0.5) is 0 Å². The number of hydrogen-bond acceptors (Lipinski definition) is 4. The Morgan fingerprint density at radius 3 is 2.35 bits per heavy atom. The van der Waals surface area contributed by atoms with Gasteiger partial charge in [-0.05, 0) is 36.4 Å². The standard InChI is InChI=1S/C16H18ClNO3S2/c1-18(2)23(19,20)14-9-7-13(8-10-14)21-11-12-22-16-6-4-3-5-15(16)17/h3-10H,11-12H2,1-2H3. The van der Waals surface area contributed by atoms with Crippen LogP contribution in [0.15, 0.2) is 58.3 Å². The first-order valence-electron chi connectivity index (χ1n) is 6.94. The molecule has 4 nitrogen and oxygen atoms in total. The third-order valence-corrected chi connectivity index (χ3v) is 6.36. The zero-order valence-corrected chi connectivity index (χ0v) is 15.3. The van der Waals surface area contributed by atoms with E-state index in [1.54, 1.807) is 36.0 Å². The van der Waals surface area contributed by atoms with Gasteiger partial charge in [0.15, 0.2) is 0 Å². The van der Waals surface area contributed by atoms with Gasteiger partial charge in [-0.1, -0.05) is 23.7 Å². The maximum Gasteiger partial charge on any atom is 0.242 e. The minimum absolute atomic E-state index is 0.250. The molecule has 0 atom stereocenters. The molecule has 0 saturated heterocycles. The third kappa shape index (κ3) is 4.88. The number of rotatable bonds is 7.